The molecular weight excluding hydrogens is 768 g/mol. The van der Waals surface area contributed by atoms with Crippen molar-refractivity contribution in [2.24, 2.45) is 0 Å². The number of phosphoric acid groups is 1. The highest BCUT2D eigenvalue weighted by Crippen LogP contribution is 2.43. The van der Waals surface area contributed by atoms with Crippen LogP contribution in [0.3, 0.4) is 0 Å². The van der Waals surface area contributed by atoms with Crippen LogP contribution in [-0.2, 0) is 18.4 Å². The molecule has 3 unspecified atom stereocenters. The fraction of sp³-hybridized carbons (Fsp3) is 0.745. The van der Waals surface area contributed by atoms with Gasteiger partial charge in [0.2, 0.25) is 5.91 Å². The maximum absolute atomic E-state index is 12.9. The number of phosphoric ester groups is 1. The average molecular weight is 862 g/mol. The number of aliphatic hydroxyl groups is 1. The highest BCUT2D eigenvalue weighted by atomic mass is 31.2. The summed E-state index contributed by atoms with van der Waals surface area (Å²) in [6.07, 6.45) is 57.1. The van der Waals surface area contributed by atoms with Gasteiger partial charge in [0, 0.05) is 6.42 Å². The first-order valence-electron chi connectivity index (χ1n) is 24.3. The van der Waals surface area contributed by atoms with E-state index in [1.54, 1.807) is 6.08 Å². The molecule has 348 valence electrons. The Morgan fingerprint density at radius 3 is 1.53 bits per heavy atom. The van der Waals surface area contributed by atoms with Crippen LogP contribution in [0.25, 0.3) is 0 Å². The van der Waals surface area contributed by atoms with Crippen LogP contribution in [0.4, 0.5) is 0 Å². The summed E-state index contributed by atoms with van der Waals surface area (Å²) >= 11 is 0. The highest BCUT2D eigenvalue weighted by Gasteiger charge is 2.27. The van der Waals surface area contributed by atoms with Crippen LogP contribution in [0.5, 0.6) is 0 Å². The molecule has 3 N–H and O–H groups in total. The van der Waals surface area contributed by atoms with Gasteiger partial charge in [-0.2, -0.15) is 0 Å². The molecule has 0 rings (SSSR count). The van der Waals surface area contributed by atoms with Crippen LogP contribution in [0.1, 0.15) is 194 Å². The van der Waals surface area contributed by atoms with Crippen molar-refractivity contribution in [2.75, 3.05) is 40.9 Å². The molecule has 8 nitrogen and oxygen atoms in total. The largest absolute Gasteiger partial charge is 0.472 e. The number of carbonyl (C=O) groups excluding carboxylic acids is 1. The van der Waals surface area contributed by atoms with Crippen LogP contribution in [0.2, 0.25) is 0 Å². The number of rotatable bonds is 43. The number of nitrogens with one attached hydrogen (secondary N) is 1. The molecule has 0 aliphatic carbocycles. The fourth-order valence-corrected chi connectivity index (χ4v) is 7.31. The quantitative estimate of drug-likeness (QED) is 0.0244. The van der Waals surface area contributed by atoms with Crippen molar-refractivity contribution in [3.63, 3.8) is 0 Å². The lowest BCUT2D eigenvalue weighted by Gasteiger charge is -2.25. The molecule has 0 aliphatic heterocycles. The third-order valence-corrected chi connectivity index (χ3v) is 11.4. The molecular formula is C51H94N2O6P+. The normalized spacial score (nSPS) is 14.8. The van der Waals surface area contributed by atoms with Crippen LogP contribution in [-0.4, -0.2) is 73.4 Å². The lowest BCUT2D eigenvalue weighted by molar-refractivity contribution is -0.870. The minimum Gasteiger partial charge on any atom is -0.387 e. The first kappa shape index (κ1) is 57.9. The van der Waals surface area contributed by atoms with Crippen molar-refractivity contribution in [3.8, 4) is 0 Å². The predicted molar refractivity (Wildman–Crippen MR) is 258 cm³/mol. The molecule has 0 aromatic rings. The minimum absolute atomic E-state index is 0.0447. The van der Waals surface area contributed by atoms with Gasteiger partial charge in [-0.1, -0.05) is 189 Å². The minimum atomic E-state index is -4.36. The van der Waals surface area contributed by atoms with Crippen molar-refractivity contribution < 1.29 is 32.9 Å². The monoisotopic (exact) mass is 862 g/mol. The molecule has 0 saturated carbocycles. The smallest absolute Gasteiger partial charge is 0.387 e. The van der Waals surface area contributed by atoms with E-state index in [0.29, 0.717) is 23.9 Å². The Morgan fingerprint density at radius 2 is 1.02 bits per heavy atom. The van der Waals surface area contributed by atoms with Crippen molar-refractivity contribution in [3.05, 3.63) is 72.9 Å². The molecule has 0 spiro atoms. The van der Waals surface area contributed by atoms with Gasteiger partial charge in [0.1, 0.15) is 13.2 Å². The zero-order valence-electron chi connectivity index (χ0n) is 39.4. The second kappa shape index (κ2) is 42.3. The summed E-state index contributed by atoms with van der Waals surface area (Å²) in [5.41, 5.74) is 0. The van der Waals surface area contributed by atoms with Gasteiger partial charge in [-0.15, -0.1) is 0 Å². The fourth-order valence-electron chi connectivity index (χ4n) is 6.58. The number of hydrogen-bond acceptors (Lipinski definition) is 5. The topological polar surface area (TPSA) is 105 Å². The van der Waals surface area contributed by atoms with Gasteiger partial charge in [0.15, 0.2) is 0 Å². The molecule has 9 heteroatoms. The van der Waals surface area contributed by atoms with E-state index < -0.39 is 20.0 Å². The summed E-state index contributed by atoms with van der Waals surface area (Å²) in [7, 11) is 1.52. The van der Waals surface area contributed by atoms with E-state index in [0.717, 1.165) is 57.8 Å². The van der Waals surface area contributed by atoms with E-state index in [1.165, 1.54) is 109 Å². The zero-order valence-corrected chi connectivity index (χ0v) is 40.3. The molecule has 0 aromatic carbocycles. The van der Waals surface area contributed by atoms with E-state index in [2.05, 4.69) is 79.9 Å². The Hall–Kier alpha value is -2.06. The molecule has 0 heterocycles. The molecule has 0 saturated heterocycles. The summed E-state index contributed by atoms with van der Waals surface area (Å²) in [5, 5.41) is 13.8. The molecule has 0 fully saturated rings. The number of unbranched alkanes of at least 4 members (excludes halogenated alkanes) is 20. The van der Waals surface area contributed by atoms with Crippen LogP contribution >= 0.6 is 7.82 Å². The van der Waals surface area contributed by atoms with Gasteiger partial charge in [0.25, 0.3) is 0 Å². The van der Waals surface area contributed by atoms with Gasteiger partial charge >= 0.3 is 7.82 Å². The van der Waals surface area contributed by atoms with Crippen molar-refractivity contribution in [2.45, 2.75) is 206 Å². The van der Waals surface area contributed by atoms with Crippen molar-refractivity contribution in [1.82, 2.24) is 5.32 Å². The second-order valence-electron chi connectivity index (χ2n) is 17.4. The van der Waals surface area contributed by atoms with Gasteiger partial charge in [-0.3, -0.25) is 13.8 Å². The van der Waals surface area contributed by atoms with Gasteiger partial charge in [-0.05, 0) is 70.6 Å². The van der Waals surface area contributed by atoms with E-state index in [4.69, 9.17) is 9.05 Å². The number of likely N-dealkylation sites (N-methyl/N-ethyl adjacent to an activating group) is 1. The van der Waals surface area contributed by atoms with Crippen LogP contribution in [0, 0.1) is 0 Å². The first-order chi connectivity index (χ1) is 29.0. The maximum Gasteiger partial charge on any atom is 0.472 e. The van der Waals surface area contributed by atoms with E-state index in [-0.39, 0.29) is 19.1 Å². The maximum atomic E-state index is 12.9. The Kier molecular flexibility index (Phi) is 40.8. The molecule has 0 aromatic heterocycles. The molecule has 0 aliphatic rings. The molecule has 60 heavy (non-hydrogen) atoms. The summed E-state index contributed by atoms with van der Waals surface area (Å²) in [6.45, 7) is 4.64. The summed E-state index contributed by atoms with van der Waals surface area (Å²) in [6, 6.07) is -0.888. The third-order valence-electron chi connectivity index (χ3n) is 10.4. The summed E-state index contributed by atoms with van der Waals surface area (Å²) in [5.74, 6) is -0.229. The number of nitrogens with zero attached hydrogens (tertiary/aromatic N) is 1. The lowest BCUT2D eigenvalue weighted by Crippen LogP contribution is -2.45. The Bertz CT molecular complexity index is 1200. The van der Waals surface area contributed by atoms with Crippen molar-refractivity contribution in [1.29, 1.82) is 0 Å². The Balaban J connectivity index is 4.43. The molecule has 3 atom stereocenters. The Morgan fingerprint density at radius 1 is 0.583 bits per heavy atom. The van der Waals surface area contributed by atoms with Crippen LogP contribution in [0.15, 0.2) is 72.9 Å². The standard InChI is InChI=1S/C51H93N2O6P/c1-6-8-10-12-14-16-18-20-22-23-24-25-26-27-28-29-31-32-34-36-38-40-42-44-50(54)49(48-59-60(56,57)58-47-46-53(3,4)5)52-51(55)45-43-41-39-37-35-33-30-21-19-17-15-13-11-9-7-2/h9,11,15,17,21,30,34-37,42,44,49-50,54H,6-8,10,12-14,16,18-20,22-29,31-33,38-41,43,45-48H2,1-5H3,(H-,52,55,56,57)/p+1/b11-9-,17-15-,30-21-,36-34+,37-35-,44-42+. The number of quaternary nitrogens is 1. The number of aliphatic hydroxyl groups excluding tert-OH is 1. The van der Waals surface area contributed by atoms with Crippen molar-refractivity contribution >= 4 is 13.7 Å². The average Bonchev–Trinajstić information content (AvgIpc) is 3.20. The van der Waals surface area contributed by atoms with E-state index in [9.17, 15) is 19.4 Å². The van der Waals surface area contributed by atoms with Gasteiger partial charge in [0.05, 0.1) is 39.9 Å². The number of carbonyl (C=O) groups is 1. The van der Waals surface area contributed by atoms with E-state index in [1.807, 2.05) is 27.2 Å². The van der Waals surface area contributed by atoms with E-state index >= 15 is 0 Å². The lowest BCUT2D eigenvalue weighted by atomic mass is 10.0. The number of amides is 1. The Labute approximate surface area is 370 Å². The first-order valence-corrected chi connectivity index (χ1v) is 25.8. The predicted octanol–water partition coefficient (Wildman–Crippen LogP) is 14.0. The number of hydrogen-bond donors (Lipinski definition) is 3. The number of allylic oxidation sites excluding steroid dienone is 11. The van der Waals surface area contributed by atoms with Gasteiger partial charge < -0.3 is 19.8 Å². The highest BCUT2D eigenvalue weighted by molar-refractivity contribution is 7.47. The van der Waals surface area contributed by atoms with Gasteiger partial charge in [-0.25, -0.2) is 4.57 Å². The zero-order chi connectivity index (χ0) is 44.3. The third kappa shape index (κ3) is 44.0. The van der Waals surface area contributed by atoms with Crippen LogP contribution < -0.4 is 5.32 Å². The molecule has 1 amide bonds. The molecule has 0 radical (unpaired) electrons. The molecule has 0 bridgehead atoms. The summed E-state index contributed by atoms with van der Waals surface area (Å²) in [4.78, 5) is 23.1. The second-order valence-corrected chi connectivity index (χ2v) is 18.9. The SMILES string of the molecule is CC/C=C\C/C=C\C/C=C\C/C=C\CCCCC(=O)NC(COP(=O)(O)OCC[N+](C)(C)C)C(O)/C=C/CC/C=C/CCCCCCCCCCCCCCCCCCC. The summed E-state index contributed by atoms with van der Waals surface area (Å²) < 4.78 is 23.6.